The third kappa shape index (κ3) is 4.24. The fraction of sp³-hybridized carbons (Fsp3) is 0.591. The Bertz CT molecular complexity index is 813. The summed E-state index contributed by atoms with van der Waals surface area (Å²) in [6.07, 6.45) is 0.592. The lowest BCUT2D eigenvalue weighted by atomic mass is 9.73. The second-order valence-corrected chi connectivity index (χ2v) is 8.67. The first-order valence-corrected chi connectivity index (χ1v) is 10.9. The van der Waals surface area contributed by atoms with Crippen LogP contribution in [0.3, 0.4) is 0 Å². The number of ether oxygens (including phenoxy) is 1. The molecular weight excluding hydrogens is 402 g/mol. The van der Waals surface area contributed by atoms with Crippen molar-refractivity contribution >= 4 is 17.9 Å². The van der Waals surface area contributed by atoms with Gasteiger partial charge in [0.15, 0.2) is 0 Å². The maximum Gasteiger partial charge on any atom is 0.407 e. The molecule has 1 unspecified atom stereocenters. The van der Waals surface area contributed by atoms with Gasteiger partial charge in [-0.2, -0.15) is 0 Å². The van der Waals surface area contributed by atoms with Crippen molar-refractivity contribution in [3.05, 3.63) is 35.9 Å². The predicted molar refractivity (Wildman–Crippen MR) is 109 cm³/mol. The molecule has 5 atom stereocenters. The Hall–Kier alpha value is -2.65. The van der Waals surface area contributed by atoms with Crippen LogP contribution in [-0.4, -0.2) is 76.9 Å². The van der Waals surface area contributed by atoms with Gasteiger partial charge in [0.05, 0.1) is 24.5 Å². The van der Waals surface area contributed by atoms with Crippen LogP contribution in [0.2, 0.25) is 0 Å². The highest BCUT2D eigenvalue weighted by atomic mass is 16.5. The van der Waals surface area contributed by atoms with Crippen LogP contribution in [0.15, 0.2) is 30.3 Å². The molecule has 0 bridgehead atoms. The quantitative estimate of drug-likeness (QED) is 0.491. The summed E-state index contributed by atoms with van der Waals surface area (Å²) in [4.78, 5) is 41.2. The maximum absolute atomic E-state index is 13.5. The average Bonchev–Trinajstić information content (AvgIpc) is 3.50. The van der Waals surface area contributed by atoms with Gasteiger partial charge in [0.1, 0.15) is 0 Å². The Kier molecular flexibility index (Phi) is 6.43. The second-order valence-electron chi connectivity index (χ2n) is 8.67. The zero-order chi connectivity index (χ0) is 22.0. The van der Waals surface area contributed by atoms with Gasteiger partial charge in [-0.05, 0) is 24.8 Å². The predicted octanol–water partition coefficient (Wildman–Crippen LogP) is 1.53. The minimum Gasteiger partial charge on any atom is -0.465 e. The van der Waals surface area contributed by atoms with Crippen LogP contribution in [0.4, 0.5) is 4.79 Å². The van der Waals surface area contributed by atoms with Crippen LogP contribution in [0.25, 0.3) is 0 Å². The van der Waals surface area contributed by atoms with E-state index in [0.29, 0.717) is 32.7 Å². The highest BCUT2D eigenvalue weighted by molar-refractivity contribution is 5.89. The first-order chi connectivity index (χ1) is 15.0. The van der Waals surface area contributed by atoms with Crippen molar-refractivity contribution in [3.63, 3.8) is 0 Å². The number of rotatable bonds is 4. The zero-order valence-electron chi connectivity index (χ0n) is 17.4. The fourth-order valence-corrected chi connectivity index (χ4v) is 5.51. The van der Waals surface area contributed by atoms with Crippen LogP contribution in [0, 0.1) is 17.8 Å². The van der Waals surface area contributed by atoms with Crippen molar-refractivity contribution in [2.45, 2.75) is 31.2 Å². The van der Waals surface area contributed by atoms with Crippen LogP contribution >= 0.6 is 0 Å². The first kappa shape index (κ1) is 21.6. The number of nitrogens with zero attached hydrogens (tertiary/aromatic N) is 2. The van der Waals surface area contributed by atoms with Gasteiger partial charge < -0.3 is 19.6 Å². The molecule has 1 aromatic carbocycles. The number of piperidine rings is 1. The summed E-state index contributed by atoms with van der Waals surface area (Å²) in [6, 6.07) is 9.34. The van der Waals surface area contributed by atoms with E-state index in [1.807, 2.05) is 18.2 Å². The molecule has 3 amide bonds. The number of hydroxylamine groups is 1. The van der Waals surface area contributed by atoms with Gasteiger partial charge in [-0.25, -0.2) is 10.3 Å². The molecule has 0 spiro atoms. The Labute approximate surface area is 180 Å². The molecule has 168 valence electrons. The summed E-state index contributed by atoms with van der Waals surface area (Å²) < 4.78 is 5.45. The topological polar surface area (TPSA) is 119 Å². The molecule has 0 saturated carbocycles. The Morgan fingerprint density at radius 3 is 2.48 bits per heavy atom. The standard InChI is InChI=1S/C22H29N3O6/c26-20(23-30)18-17(7-10-25(22(28)29)19(18)16-8-11-31-13-16)21(27)24-9-6-15(12-24)14-4-2-1-3-5-14/h1-5,15-19,30H,6-13H2,(H,23,26)(H,28,29)/t15-,16+,17-,18+,19?/m0/s1. The molecule has 0 radical (unpaired) electrons. The third-order valence-electron chi connectivity index (χ3n) is 7.04. The van der Waals surface area contributed by atoms with Gasteiger partial charge in [-0.15, -0.1) is 0 Å². The van der Waals surface area contributed by atoms with Gasteiger partial charge in [-0.1, -0.05) is 30.3 Å². The number of nitrogens with one attached hydrogen (secondary N) is 1. The Balaban J connectivity index is 1.56. The van der Waals surface area contributed by atoms with Gasteiger partial charge in [0.2, 0.25) is 11.8 Å². The fourth-order valence-electron chi connectivity index (χ4n) is 5.51. The molecule has 4 rings (SSSR count). The number of amides is 3. The molecule has 9 heteroatoms. The second kappa shape index (κ2) is 9.23. The van der Waals surface area contributed by atoms with Gasteiger partial charge in [0.25, 0.3) is 0 Å². The lowest BCUT2D eigenvalue weighted by molar-refractivity contribution is -0.151. The summed E-state index contributed by atoms with van der Waals surface area (Å²) in [6.45, 7) is 2.18. The minimum atomic E-state index is -1.12. The van der Waals surface area contributed by atoms with E-state index in [4.69, 9.17) is 4.74 Å². The van der Waals surface area contributed by atoms with Crippen LogP contribution in [0.5, 0.6) is 0 Å². The van der Waals surface area contributed by atoms with Crippen molar-refractivity contribution in [3.8, 4) is 0 Å². The van der Waals surface area contributed by atoms with Gasteiger partial charge in [-0.3, -0.25) is 14.8 Å². The lowest BCUT2D eigenvalue weighted by Gasteiger charge is -2.45. The molecular formula is C22H29N3O6. The first-order valence-electron chi connectivity index (χ1n) is 10.9. The van der Waals surface area contributed by atoms with E-state index in [9.17, 15) is 24.7 Å². The highest BCUT2D eigenvalue weighted by Crippen LogP contribution is 2.39. The normalized spacial score (nSPS) is 30.9. The molecule has 3 aliphatic heterocycles. The smallest absolute Gasteiger partial charge is 0.407 e. The molecule has 3 N–H and O–H groups in total. The molecule has 3 heterocycles. The Morgan fingerprint density at radius 1 is 1.06 bits per heavy atom. The summed E-state index contributed by atoms with van der Waals surface area (Å²) >= 11 is 0. The van der Waals surface area contributed by atoms with Crippen LogP contribution < -0.4 is 5.48 Å². The van der Waals surface area contributed by atoms with Crippen molar-refractivity contribution < 1.29 is 29.4 Å². The van der Waals surface area contributed by atoms with E-state index < -0.39 is 29.9 Å². The van der Waals surface area contributed by atoms with E-state index >= 15 is 0 Å². The Morgan fingerprint density at radius 2 is 1.84 bits per heavy atom. The molecule has 9 nitrogen and oxygen atoms in total. The average molecular weight is 431 g/mol. The number of carboxylic acid groups (broad SMARTS) is 1. The van der Waals surface area contributed by atoms with E-state index in [0.717, 1.165) is 6.42 Å². The van der Waals surface area contributed by atoms with E-state index in [1.54, 1.807) is 10.4 Å². The largest absolute Gasteiger partial charge is 0.465 e. The van der Waals surface area contributed by atoms with Crippen molar-refractivity contribution in [1.82, 2.24) is 15.3 Å². The van der Waals surface area contributed by atoms with Crippen molar-refractivity contribution in [1.29, 1.82) is 0 Å². The molecule has 3 fully saturated rings. The number of carbonyl (C=O) groups is 3. The van der Waals surface area contributed by atoms with Crippen molar-refractivity contribution in [2.24, 2.45) is 17.8 Å². The number of carbonyl (C=O) groups excluding carboxylic acids is 2. The number of hydrogen-bond acceptors (Lipinski definition) is 5. The van der Waals surface area contributed by atoms with E-state index in [1.165, 1.54) is 10.5 Å². The van der Waals surface area contributed by atoms with Crippen LogP contribution in [0.1, 0.15) is 30.7 Å². The summed E-state index contributed by atoms with van der Waals surface area (Å²) in [5.41, 5.74) is 2.87. The van der Waals surface area contributed by atoms with Gasteiger partial charge in [0, 0.05) is 38.1 Å². The number of hydrogen-bond donors (Lipinski definition) is 3. The van der Waals surface area contributed by atoms with Crippen molar-refractivity contribution in [2.75, 3.05) is 32.8 Å². The van der Waals surface area contributed by atoms with E-state index in [2.05, 4.69) is 12.1 Å². The molecule has 31 heavy (non-hydrogen) atoms. The highest BCUT2D eigenvalue weighted by Gasteiger charge is 2.51. The van der Waals surface area contributed by atoms with Crippen LogP contribution in [-0.2, 0) is 14.3 Å². The maximum atomic E-state index is 13.5. The monoisotopic (exact) mass is 431 g/mol. The number of benzene rings is 1. The zero-order valence-corrected chi connectivity index (χ0v) is 17.4. The summed E-state index contributed by atoms with van der Waals surface area (Å²) in [5.74, 6) is -2.42. The molecule has 0 aliphatic carbocycles. The third-order valence-corrected chi connectivity index (χ3v) is 7.04. The summed E-state index contributed by atoms with van der Waals surface area (Å²) in [7, 11) is 0. The van der Waals surface area contributed by atoms with Gasteiger partial charge >= 0.3 is 6.09 Å². The van der Waals surface area contributed by atoms with E-state index in [-0.39, 0.29) is 30.7 Å². The number of likely N-dealkylation sites (tertiary alicyclic amines) is 2. The summed E-state index contributed by atoms with van der Waals surface area (Å²) in [5, 5.41) is 19.1. The molecule has 3 saturated heterocycles. The lowest BCUT2D eigenvalue weighted by Crippen LogP contribution is -2.61. The molecule has 0 aromatic heterocycles. The molecule has 1 aromatic rings. The minimum absolute atomic E-state index is 0.138. The molecule has 3 aliphatic rings. The SMILES string of the molecule is O=C(NO)[C@H]1C([C@@H]2CCOC2)N(C(=O)O)CC[C@@H]1C(=O)N1CC[C@H](c2ccccc2)C1.